The van der Waals surface area contributed by atoms with Crippen molar-refractivity contribution < 1.29 is 9.90 Å². The first-order chi connectivity index (χ1) is 8.96. The van der Waals surface area contributed by atoms with Gasteiger partial charge in [-0.1, -0.05) is 13.8 Å². The molecule has 1 aromatic rings. The Hall–Kier alpha value is -0.720. The zero-order valence-electron chi connectivity index (χ0n) is 11.7. The lowest BCUT2D eigenvalue weighted by Gasteiger charge is -2.29. The van der Waals surface area contributed by atoms with Gasteiger partial charge in [-0.15, -0.1) is 11.3 Å². The van der Waals surface area contributed by atoms with Crippen LogP contribution >= 0.6 is 23.6 Å². The van der Waals surface area contributed by atoms with Crippen molar-refractivity contribution >= 4 is 29.5 Å². The maximum absolute atomic E-state index is 11.9. The van der Waals surface area contributed by atoms with Gasteiger partial charge >= 0.3 is 0 Å². The van der Waals surface area contributed by atoms with Crippen LogP contribution in [0.5, 0.6) is 0 Å². The molecule has 0 saturated carbocycles. The van der Waals surface area contributed by atoms with E-state index in [1.54, 1.807) is 0 Å². The van der Waals surface area contributed by atoms with Gasteiger partial charge in [-0.2, -0.15) is 0 Å². The maximum atomic E-state index is 11.9. The molecule has 0 atom stereocenters. The monoisotopic (exact) mass is 302 g/mol. The van der Waals surface area contributed by atoms with E-state index in [9.17, 15) is 9.90 Å². The Morgan fingerprint density at radius 3 is 2.53 bits per heavy atom. The summed E-state index contributed by atoms with van der Waals surface area (Å²) in [5, 5.41) is 12.4. The van der Waals surface area contributed by atoms with Crippen LogP contribution in [0.25, 0.3) is 0 Å². The summed E-state index contributed by atoms with van der Waals surface area (Å²) in [7, 11) is 0. The number of H-pyrrole nitrogens is 1. The molecule has 0 aliphatic heterocycles. The van der Waals surface area contributed by atoms with E-state index in [1.165, 1.54) is 11.3 Å². The van der Waals surface area contributed by atoms with Crippen molar-refractivity contribution in [3.8, 4) is 0 Å². The van der Waals surface area contributed by atoms with Crippen molar-refractivity contribution in [1.82, 2.24) is 10.3 Å². The van der Waals surface area contributed by atoms with Gasteiger partial charge in [-0.25, -0.2) is 0 Å². The standard InChI is InChI=1S/C13H22N2O2S2/c1-4-13(5-2,8-16)7-14-11(17)6-10-9(3)15-12(18)19-10/h16H,4-8H2,1-3H3,(H,14,17)(H,15,18). The van der Waals surface area contributed by atoms with Crippen molar-refractivity contribution in [3.05, 3.63) is 14.5 Å². The fourth-order valence-corrected chi connectivity index (χ4v) is 3.17. The second-order valence-electron chi connectivity index (χ2n) is 4.88. The van der Waals surface area contributed by atoms with Crippen molar-refractivity contribution in [3.63, 3.8) is 0 Å². The van der Waals surface area contributed by atoms with Crippen LogP contribution in [0.2, 0.25) is 0 Å². The van der Waals surface area contributed by atoms with Crippen LogP contribution in [0.15, 0.2) is 0 Å². The highest BCUT2D eigenvalue weighted by Crippen LogP contribution is 2.24. The van der Waals surface area contributed by atoms with Crippen LogP contribution in [-0.4, -0.2) is 29.1 Å². The van der Waals surface area contributed by atoms with Crippen LogP contribution in [0.1, 0.15) is 37.3 Å². The normalized spacial score (nSPS) is 11.6. The Morgan fingerprint density at radius 2 is 2.11 bits per heavy atom. The number of amides is 1. The van der Waals surface area contributed by atoms with Gasteiger partial charge in [-0.3, -0.25) is 4.79 Å². The molecule has 0 aliphatic rings. The molecule has 0 saturated heterocycles. The van der Waals surface area contributed by atoms with Crippen LogP contribution in [0.4, 0.5) is 0 Å². The first kappa shape index (κ1) is 16.3. The van der Waals surface area contributed by atoms with Crippen molar-refractivity contribution in [2.45, 2.75) is 40.0 Å². The summed E-state index contributed by atoms with van der Waals surface area (Å²) in [6.45, 7) is 6.61. The molecule has 19 heavy (non-hydrogen) atoms. The van der Waals surface area contributed by atoms with Crippen molar-refractivity contribution in [1.29, 1.82) is 0 Å². The van der Waals surface area contributed by atoms with E-state index in [2.05, 4.69) is 10.3 Å². The predicted octanol–water partition coefficient (Wildman–Crippen LogP) is 2.57. The number of hydrogen-bond acceptors (Lipinski definition) is 4. The topological polar surface area (TPSA) is 65.1 Å². The van der Waals surface area contributed by atoms with E-state index in [0.717, 1.165) is 23.4 Å². The van der Waals surface area contributed by atoms with E-state index in [0.29, 0.717) is 16.9 Å². The quantitative estimate of drug-likeness (QED) is 0.678. The largest absolute Gasteiger partial charge is 0.396 e. The first-order valence-electron chi connectivity index (χ1n) is 6.52. The molecule has 0 spiro atoms. The van der Waals surface area contributed by atoms with Gasteiger partial charge in [0, 0.05) is 22.5 Å². The van der Waals surface area contributed by atoms with Crippen LogP contribution in [0, 0.1) is 16.3 Å². The van der Waals surface area contributed by atoms with Gasteiger partial charge in [-0.05, 0) is 32.0 Å². The average molecular weight is 302 g/mol. The molecule has 108 valence electrons. The highest BCUT2D eigenvalue weighted by atomic mass is 32.1. The second kappa shape index (κ2) is 7.17. The summed E-state index contributed by atoms with van der Waals surface area (Å²) < 4.78 is 0.701. The Kier molecular flexibility index (Phi) is 6.16. The number of aliphatic hydroxyl groups excluding tert-OH is 1. The maximum Gasteiger partial charge on any atom is 0.225 e. The molecule has 1 rings (SSSR count). The Bertz CT molecular complexity index is 467. The summed E-state index contributed by atoms with van der Waals surface area (Å²) in [5.74, 6) is -0.0203. The van der Waals surface area contributed by atoms with Gasteiger partial charge in [0.25, 0.3) is 0 Å². The molecule has 1 heterocycles. The Morgan fingerprint density at radius 1 is 1.47 bits per heavy atom. The van der Waals surface area contributed by atoms with Gasteiger partial charge in [0.1, 0.15) is 0 Å². The molecule has 0 unspecified atom stereocenters. The number of carbonyl (C=O) groups excluding carboxylic acids is 1. The SMILES string of the molecule is CCC(CC)(CO)CNC(=O)Cc1sc(=S)[nH]c1C. The molecule has 6 heteroatoms. The summed E-state index contributed by atoms with van der Waals surface area (Å²) in [4.78, 5) is 15.9. The number of thiazole rings is 1. The molecule has 0 aliphatic carbocycles. The van der Waals surface area contributed by atoms with Crippen molar-refractivity contribution in [2.75, 3.05) is 13.2 Å². The third-order valence-corrected chi connectivity index (χ3v) is 5.08. The molecule has 3 N–H and O–H groups in total. The predicted molar refractivity (Wildman–Crippen MR) is 81.1 cm³/mol. The van der Waals surface area contributed by atoms with Gasteiger partial charge in [0.15, 0.2) is 3.95 Å². The zero-order chi connectivity index (χ0) is 14.5. The fraction of sp³-hybridized carbons (Fsp3) is 0.692. The summed E-state index contributed by atoms with van der Waals surface area (Å²) in [5.41, 5.74) is 0.764. The number of nitrogens with one attached hydrogen (secondary N) is 2. The number of aromatic nitrogens is 1. The van der Waals surface area contributed by atoms with Gasteiger partial charge in [0.05, 0.1) is 13.0 Å². The number of aromatic amines is 1. The molecule has 0 fully saturated rings. The minimum absolute atomic E-state index is 0.0203. The second-order valence-corrected chi connectivity index (χ2v) is 6.65. The van der Waals surface area contributed by atoms with Crippen molar-refractivity contribution in [2.24, 2.45) is 5.41 Å². The number of hydrogen-bond donors (Lipinski definition) is 3. The van der Waals surface area contributed by atoms with Gasteiger partial charge < -0.3 is 15.4 Å². The number of aliphatic hydroxyl groups is 1. The minimum atomic E-state index is -0.199. The molecule has 1 amide bonds. The molecule has 4 nitrogen and oxygen atoms in total. The lowest BCUT2D eigenvalue weighted by Crippen LogP contribution is -2.39. The molecule has 0 aromatic carbocycles. The fourth-order valence-electron chi connectivity index (χ4n) is 1.88. The average Bonchev–Trinajstić information content (AvgIpc) is 2.70. The minimum Gasteiger partial charge on any atom is -0.396 e. The summed E-state index contributed by atoms with van der Waals surface area (Å²) in [6.07, 6.45) is 2.05. The highest BCUT2D eigenvalue weighted by molar-refractivity contribution is 7.73. The number of aryl methyl sites for hydroxylation is 1. The van der Waals surface area contributed by atoms with E-state index in [1.807, 2.05) is 20.8 Å². The van der Waals surface area contributed by atoms with Crippen LogP contribution in [-0.2, 0) is 11.2 Å². The number of rotatable bonds is 7. The van der Waals surface area contributed by atoms with E-state index >= 15 is 0 Å². The summed E-state index contributed by atoms with van der Waals surface area (Å²) in [6, 6.07) is 0. The van der Waals surface area contributed by atoms with Crippen LogP contribution in [0.3, 0.4) is 0 Å². The van der Waals surface area contributed by atoms with Crippen LogP contribution < -0.4 is 5.32 Å². The smallest absolute Gasteiger partial charge is 0.225 e. The highest BCUT2D eigenvalue weighted by Gasteiger charge is 2.25. The van der Waals surface area contributed by atoms with E-state index in [-0.39, 0.29) is 17.9 Å². The lowest BCUT2D eigenvalue weighted by molar-refractivity contribution is -0.121. The summed E-state index contributed by atoms with van der Waals surface area (Å²) >= 11 is 6.49. The molecule has 0 bridgehead atoms. The zero-order valence-corrected chi connectivity index (χ0v) is 13.3. The molecule has 1 aromatic heterocycles. The number of carbonyl (C=O) groups is 1. The molecular weight excluding hydrogens is 280 g/mol. The van der Waals surface area contributed by atoms with E-state index in [4.69, 9.17) is 12.2 Å². The third kappa shape index (κ3) is 4.40. The lowest BCUT2D eigenvalue weighted by atomic mass is 9.83. The Labute approximate surface area is 123 Å². The first-order valence-corrected chi connectivity index (χ1v) is 7.75. The van der Waals surface area contributed by atoms with E-state index < -0.39 is 0 Å². The Balaban J connectivity index is 2.57. The molecule has 0 radical (unpaired) electrons. The molecular formula is C13H22N2O2S2. The third-order valence-electron chi connectivity index (χ3n) is 3.74. The van der Waals surface area contributed by atoms with Gasteiger partial charge in [0.2, 0.25) is 5.91 Å².